The van der Waals surface area contributed by atoms with E-state index in [2.05, 4.69) is 25.8 Å². The lowest BCUT2D eigenvalue weighted by atomic mass is 9.90. The van der Waals surface area contributed by atoms with Gasteiger partial charge in [0.25, 0.3) is 0 Å². The number of halogens is 1. The van der Waals surface area contributed by atoms with Gasteiger partial charge in [-0.3, -0.25) is 4.79 Å². The summed E-state index contributed by atoms with van der Waals surface area (Å²) in [6.45, 7) is 8.05. The molecular weight excluding hydrogens is 434 g/mol. The van der Waals surface area contributed by atoms with E-state index in [1.165, 1.54) is 13.2 Å². The minimum atomic E-state index is -3.80. The number of benzene rings is 1. The fraction of sp³-hybridized carbons (Fsp3) is 0.444. The predicted octanol–water partition coefficient (Wildman–Crippen LogP) is 3.12. The van der Waals surface area contributed by atoms with Crippen LogP contribution in [0.3, 0.4) is 0 Å². The van der Waals surface area contributed by atoms with Crippen molar-refractivity contribution in [2.24, 2.45) is 0 Å². The van der Waals surface area contributed by atoms with Crippen LogP contribution < -0.4 is 9.62 Å². The number of carbonyl (C=O) groups excluding carboxylic acids is 1. The highest BCUT2D eigenvalue weighted by molar-refractivity contribution is 9.10. The SMILES string of the molecule is CC(=O)N1CCc2cc(Br)c(S(=O)(=O)NCc3conc3C(C)(C)C)cc21. The van der Waals surface area contributed by atoms with Crippen LogP contribution in [0.15, 0.2) is 32.3 Å². The second-order valence-electron chi connectivity index (χ2n) is 7.59. The molecule has 1 aromatic heterocycles. The first-order valence-corrected chi connectivity index (χ1v) is 10.8. The van der Waals surface area contributed by atoms with Crippen molar-refractivity contribution in [3.05, 3.63) is 39.7 Å². The van der Waals surface area contributed by atoms with E-state index in [1.54, 1.807) is 17.0 Å². The fourth-order valence-electron chi connectivity index (χ4n) is 3.17. The molecule has 0 unspecified atom stereocenters. The van der Waals surface area contributed by atoms with Crippen LogP contribution in [0.1, 0.15) is 44.5 Å². The van der Waals surface area contributed by atoms with Crippen molar-refractivity contribution in [3.8, 4) is 0 Å². The summed E-state index contributed by atoms with van der Waals surface area (Å²) in [5.41, 5.74) is 2.73. The number of carbonyl (C=O) groups is 1. The lowest BCUT2D eigenvalue weighted by molar-refractivity contribution is -0.116. The quantitative estimate of drug-likeness (QED) is 0.764. The van der Waals surface area contributed by atoms with E-state index in [9.17, 15) is 13.2 Å². The molecule has 2 heterocycles. The first kappa shape index (κ1) is 20.0. The van der Waals surface area contributed by atoms with Gasteiger partial charge in [0.1, 0.15) is 6.26 Å². The van der Waals surface area contributed by atoms with Gasteiger partial charge in [-0.15, -0.1) is 0 Å². The summed E-state index contributed by atoms with van der Waals surface area (Å²) in [7, 11) is -3.80. The Labute approximate surface area is 167 Å². The summed E-state index contributed by atoms with van der Waals surface area (Å²) in [4.78, 5) is 13.5. The molecule has 1 aromatic carbocycles. The molecule has 0 bridgehead atoms. The molecule has 0 aliphatic carbocycles. The molecule has 2 aromatic rings. The van der Waals surface area contributed by atoms with Crippen molar-refractivity contribution < 1.29 is 17.7 Å². The molecule has 1 aliphatic heterocycles. The minimum Gasteiger partial charge on any atom is -0.364 e. The average molecular weight is 456 g/mol. The average Bonchev–Trinajstić information content (AvgIpc) is 3.18. The Morgan fingerprint density at radius 3 is 2.70 bits per heavy atom. The highest BCUT2D eigenvalue weighted by Crippen LogP contribution is 2.35. The van der Waals surface area contributed by atoms with Gasteiger partial charge < -0.3 is 9.42 Å². The number of hydrogen-bond acceptors (Lipinski definition) is 5. The van der Waals surface area contributed by atoms with Crippen LogP contribution in [-0.4, -0.2) is 26.0 Å². The van der Waals surface area contributed by atoms with Gasteiger partial charge >= 0.3 is 0 Å². The van der Waals surface area contributed by atoms with Crippen LogP contribution in [0.5, 0.6) is 0 Å². The third-order valence-electron chi connectivity index (χ3n) is 4.50. The smallest absolute Gasteiger partial charge is 0.242 e. The number of nitrogens with zero attached hydrogens (tertiary/aromatic N) is 2. The van der Waals surface area contributed by atoms with Gasteiger partial charge in [-0.1, -0.05) is 25.9 Å². The summed E-state index contributed by atoms with van der Waals surface area (Å²) in [5.74, 6) is -0.105. The molecule has 1 N–H and O–H groups in total. The lowest BCUT2D eigenvalue weighted by Crippen LogP contribution is -2.27. The maximum absolute atomic E-state index is 12.9. The van der Waals surface area contributed by atoms with Crippen molar-refractivity contribution in [1.29, 1.82) is 0 Å². The van der Waals surface area contributed by atoms with Gasteiger partial charge in [-0.05, 0) is 40.0 Å². The van der Waals surface area contributed by atoms with Crippen molar-refractivity contribution in [2.75, 3.05) is 11.4 Å². The monoisotopic (exact) mass is 455 g/mol. The second-order valence-corrected chi connectivity index (χ2v) is 10.2. The molecule has 9 heteroatoms. The van der Waals surface area contributed by atoms with Gasteiger partial charge in [0, 0.05) is 41.2 Å². The number of nitrogens with one attached hydrogen (secondary N) is 1. The van der Waals surface area contributed by atoms with Gasteiger partial charge in [-0.25, -0.2) is 13.1 Å². The molecule has 0 saturated heterocycles. The molecule has 1 aliphatic rings. The van der Waals surface area contributed by atoms with Crippen LogP contribution in [0.2, 0.25) is 0 Å². The number of sulfonamides is 1. The van der Waals surface area contributed by atoms with E-state index in [0.717, 1.165) is 5.56 Å². The van der Waals surface area contributed by atoms with Crippen molar-refractivity contribution in [3.63, 3.8) is 0 Å². The van der Waals surface area contributed by atoms with Crippen LogP contribution in [0.25, 0.3) is 0 Å². The topological polar surface area (TPSA) is 92.5 Å². The molecule has 1 amide bonds. The number of hydrogen-bond donors (Lipinski definition) is 1. The van der Waals surface area contributed by atoms with Crippen LogP contribution in [0.4, 0.5) is 5.69 Å². The second kappa shape index (κ2) is 7.03. The summed E-state index contributed by atoms with van der Waals surface area (Å²) in [5, 5.41) is 3.99. The summed E-state index contributed by atoms with van der Waals surface area (Å²) < 4.78 is 33.9. The fourth-order valence-corrected chi connectivity index (χ4v) is 5.29. The maximum atomic E-state index is 12.9. The van der Waals surface area contributed by atoms with Gasteiger partial charge in [-0.2, -0.15) is 0 Å². The van der Waals surface area contributed by atoms with Crippen molar-refractivity contribution in [2.45, 2.75) is 51.0 Å². The highest BCUT2D eigenvalue weighted by Gasteiger charge is 2.28. The summed E-state index contributed by atoms with van der Waals surface area (Å²) in [6, 6.07) is 3.32. The number of rotatable bonds is 4. The van der Waals surface area contributed by atoms with Crippen molar-refractivity contribution in [1.82, 2.24) is 9.88 Å². The zero-order valence-electron chi connectivity index (χ0n) is 15.7. The maximum Gasteiger partial charge on any atom is 0.242 e. The Hall–Kier alpha value is -1.71. The van der Waals surface area contributed by atoms with Gasteiger partial charge in [0.2, 0.25) is 15.9 Å². The van der Waals surface area contributed by atoms with E-state index in [4.69, 9.17) is 4.52 Å². The molecule has 0 atom stereocenters. The molecule has 27 heavy (non-hydrogen) atoms. The molecule has 0 spiro atoms. The van der Waals surface area contributed by atoms with E-state index in [0.29, 0.717) is 34.4 Å². The van der Waals surface area contributed by atoms with Crippen LogP contribution in [0, 0.1) is 0 Å². The van der Waals surface area contributed by atoms with Gasteiger partial charge in [0.15, 0.2) is 0 Å². The van der Waals surface area contributed by atoms with Crippen LogP contribution >= 0.6 is 15.9 Å². The Bertz CT molecular complexity index is 993. The molecule has 3 rings (SSSR count). The Kier molecular flexibility index (Phi) is 5.22. The zero-order chi connectivity index (χ0) is 20.0. The molecule has 0 radical (unpaired) electrons. The first-order chi connectivity index (χ1) is 12.5. The van der Waals surface area contributed by atoms with Crippen LogP contribution in [-0.2, 0) is 33.2 Å². The summed E-state index contributed by atoms with van der Waals surface area (Å²) in [6.07, 6.45) is 2.16. The minimum absolute atomic E-state index is 0.0678. The Balaban J connectivity index is 1.89. The molecule has 0 saturated carbocycles. The third-order valence-corrected chi connectivity index (χ3v) is 6.86. The number of aromatic nitrogens is 1. The Morgan fingerprint density at radius 1 is 1.37 bits per heavy atom. The summed E-state index contributed by atoms with van der Waals surface area (Å²) >= 11 is 3.35. The lowest BCUT2D eigenvalue weighted by Gasteiger charge is -2.18. The van der Waals surface area contributed by atoms with E-state index >= 15 is 0 Å². The van der Waals surface area contributed by atoms with E-state index in [1.807, 2.05) is 20.8 Å². The molecular formula is C18H22BrN3O4S. The normalized spacial score (nSPS) is 14.5. The van der Waals surface area contributed by atoms with Gasteiger partial charge in [0.05, 0.1) is 10.6 Å². The highest BCUT2D eigenvalue weighted by atomic mass is 79.9. The number of amides is 1. The molecule has 146 valence electrons. The third kappa shape index (κ3) is 3.95. The zero-order valence-corrected chi connectivity index (χ0v) is 18.1. The van der Waals surface area contributed by atoms with E-state index < -0.39 is 10.0 Å². The molecule has 0 fully saturated rings. The largest absolute Gasteiger partial charge is 0.364 e. The Morgan fingerprint density at radius 2 is 2.07 bits per heavy atom. The standard InChI is InChI=1S/C18H22BrN3O4S/c1-11(23)22-6-5-12-7-14(19)16(8-15(12)22)27(24,25)20-9-13-10-26-21-17(13)18(2,3)4/h7-8,10,20H,5-6,9H2,1-4H3. The number of anilines is 1. The number of fused-ring (bicyclic) bond motifs is 1. The van der Waals surface area contributed by atoms with Crippen molar-refractivity contribution >= 4 is 37.5 Å². The first-order valence-electron chi connectivity index (χ1n) is 8.54. The van der Waals surface area contributed by atoms with E-state index in [-0.39, 0.29) is 22.8 Å². The predicted molar refractivity (Wildman–Crippen MR) is 105 cm³/mol. The molecule has 7 nitrogen and oxygen atoms in total.